The third-order valence-electron chi connectivity index (χ3n) is 5.07. The lowest BCUT2D eigenvalue weighted by molar-refractivity contribution is -0.135. The van der Waals surface area contributed by atoms with E-state index in [9.17, 15) is 9.59 Å². The third kappa shape index (κ3) is 6.29. The molecular formula is C22H28N4O3. The highest BCUT2D eigenvalue weighted by Gasteiger charge is 2.25. The average Bonchev–Trinajstić information content (AvgIpc) is 3.02. The SMILES string of the molecule is NC(=O)c1cccc(OCCC(=O)N(Cc2ccccn2)C2CCCNCC2)c1. The Kier molecular flexibility index (Phi) is 7.58. The van der Waals surface area contributed by atoms with Crippen molar-refractivity contribution in [2.45, 2.75) is 38.3 Å². The van der Waals surface area contributed by atoms with Gasteiger partial charge in [-0.3, -0.25) is 14.6 Å². The first-order valence-corrected chi connectivity index (χ1v) is 10.1. The van der Waals surface area contributed by atoms with Gasteiger partial charge in [-0.15, -0.1) is 0 Å². The molecule has 29 heavy (non-hydrogen) atoms. The molecule has 1 atom stereocenters. The summed E-state index contributed by atoms with van der Waals surface area (Å²) in [4.78, 5) is 30.7. The van der Waals surface area contributed by atoms with Crippen molar-refractivity contribution in [3.05, 3.63) is 59.9 Å². The molecule has 0 aliphatic carbocycles. The van der Waals surface area contributed by atoms with Crippen LogP contribution in [-0.2, 0) is 11.3 Å². The summed E-state index contributed by atoms with van der Waals surface area (Å²) in [5.74, 6) is 0.0766. The lowest BCUT2D eigenvalue weighted by Gasteiger charge is -2.31. The molecule has 0 bridgehead atoms. The smallest absolute Gasteiger partial charge is 0.248 e. The summed E-state index contributed by atoms with van der Waals surface area (Å²) in [6.07, 6.45) is 4.97. The Hall–Kier alpha value is -2.93. The van der Waals surface area contributed by atoms with Gasteiger partial charge >= 0.3 is 0 Å². The highest BCUT2D eigenvalue weighted by atomic mass is 16.5. The van der Waals surface area contributed by atoms with Gasteiger partial charge in [-0.25, -0.2) is 0 Å². The topological polar surface area (TPSA) is 97.6 Å². The first kappa shape index (κ1) is 20.8. The Morgan fingerprint density at radius 3 is 2.86 bits per heavy atom. The van der Waals surface area contributed by atoms with Gasteiger partial charge in [0.1, 0.15) is 5.75 Å². The van der Waals surface area contributed by atoms with Crippen molar-refractivity contribution >= 4 is 11.8 Å². The van der Waals surface area contributed by atoms with Gasteiger partial charge in [-0.1, -0.05) is 12.1 Å². The zero-order valence-electron chi connectivity index (χ0n) is 16.5. The van der Waals surface area contributed by atoms with Crippen LogP contribution in [0.2, 0.25) is 0 Å². The largest absolute Gasteiger partial charge is 0.493 e. The number of rotatable bonds is 8. The molecule has 1 aliphatic heterocycles. The van der Waals surface area contributed by atoms with E-state index in [1.807, 2.05) is 23.1 Å². The maximum atomic E-state index is 13.0. The van der Waals surface area contributed by atoms with Crippen molar-refractivity contribution in [2.75, 3.05) is 19.7 Å². The van der Waals surface area contributed by atoms with Crippen LogP contribution < -0.4 is 15.8 Å². The molecule has 0 radical (unpaired) electrons. The number of hydrogen-bond acceptors (Lipinski definition) is 5. The Bertz CT molecular complexity index is 805. The predicted molar refractivity (Wildman–Crippen MR) is 110 cm³/mol. The summed E-state index contributed by atoms with van der Waals surface area (Å²) in [6.45, 7) is 2.64. The van der Waals surface area contributed by atoms with Gasteiger partial charge in [0.2, 0.25) is 11.8 Å². The number of amides is 2. The average molecular weight is 396 g/mol. The summed E-state index contributed by atoms with van der Waals surface area (Å²) in [5, 5.41) is 3.40. The van der Waals surface area contributed by atoms with Crippen LogP contribution in [0.4, 0.5) is 0 Å². The molecule has 154 valence electrons. The minimum atomic E-state index is -0.505. The van der Waals surface area contributed by atoms with Crippen LogP contribution in [0, 0.1) is 0 Å². The third-order valence-corrected chi connectivity index (χ3v) is 5.07. The van der Waals surface area contributed by atoms with E-state index in [-0.39, 0.29) is 25.0 Å². The molecule has 1 saturated heterocycles. The number of nitrogens with two attached hydrogens (primary N) is 1. The second-order valence-electron chi connectivity index (χ2n) is 7.17. The van der Waals surface area contributed by atoms with Crippen LogP contribution >= 0.6 is 0 Å². The molecule has 1 unspecified atom stereocenters. The van der Waals surface area contributed by atoms with E-state index in [1.165, 1.54) is 0 Å². The lowest BCUT2D eigenvalue weighted by atomic mass is 10.1. The van der Waals surface area contributed by atoms with Gasteiger partial charge in [0.25, 0.3) is 0 Å². The van der Waals surface area contributed by atoms with E-state index >= 15 is 0 Å². The molecule has 2 aromatic rings. The van der Waals surface area contributed by atoms with E-state index in [0.717, 1.165) is 38.0 Å². The number of nitrogens with one attached hydrogen (secondary N) is 1. The van der Waals surface area contributed by atoms with E-state index in [4.69, 9.17) is 10.5 Å². The number of primary amides is 1. The van der Waals surface area contributed by atoms with Gasteiger partial charge in [-0.2, -0.15) is 0 Å². The number of carbonyl (C=O) groups excluding carboxylic acids is 2. The Labute approximate surface area is 171 Å². The first-order valence-electron chi connectivity index (χ1n) is 10.1. The van der Waals surface area contributed by atoms with Crippen LogP contribution in [-0.4, -0.2) is 47.4 Å². The van der Waals surface area contributed by atoms with E-state index in [0.29, 0.717) is 17.9 Å². The summed E-state index contributed by atoms with van der Waals surface area (Å²) in [6, 6.07) is 12.6. The highest BCUT2D eigenvalue weighted by molar-refractivity contribution is 5.93. The summed E-state index contributed by atoms with van der Waals surface area (Å²) < 4.78 is 5.70. The molecule has 1 aliphatic rings. The Morgan fingerprint density at radius 1 is 1.17 bits per heavy atom. The second kappa shape index (κ2) is 10.6. The van der Waals surface area contributed by atoms with Gasteiger partial charge < -0.3 is 20.7 Å². The number of carbonyl (C=O) groups is 2. The maximum Gasteiger partial charge on any atom is 0.248 e. The van der Waals surface area contributed by atoms with Gasteiger partial charge in [-0.05, 0) is 62.7 Å². The number of nitrogens with zero attached hydrogens (tertiary/aromatic N) is 2. The standard InChI is InChI=1S/C22H28N4O3/c23-22(28)17-5-3-8-20(15-17)29-14-10-21(27)26(16-18-6-1-2-12-25-18)19-7-4-11-24-13-9-19/h1-3,5-6,8,12,15,19,24H,4,7,9-11,13-14,16H2,(H2,23,28). The van der Waals surface area contributed by atoms with Crippen molar-refractivity contribution in [1.29, 1.82) is 0 Å². The summed E-state index contributed by atoms with van der Waals surface area (Å²) in [7, 11) is 0. The molecule has 1 aromatic carbocycles. The van der Waals surface area contributed by atoms with Crippen LogP contribution in [0.15, 0.2) is 48.7 Å². The Morgan fingerprint density at radius 2 is 2.07 bits per heavy atom. The molecule has 0 spiro atoms. The number of hydrogen-bond donors (Lipinski definition) is 2. The van der Waals surface area contributed by atoms with Gasteiger partial charge in [0.15, 0.2) is 0 Å². The van der Waals surface area contributed by atoms with E-state index in [1.54, 1.807) is 30.5 Å². The fraction of sp³-hybridized carbons (Fsp3) is 0.409. The second-order valence-corrected chi connectivity index (χ2v) is 7.17. The normalized spacial score (nSPS) is 16.6. The number of pyridine rings is 1. The van der Waals surface area contributed by atoms with E-state index in [2.05, 4.69) is 10.3 Å². The quantitative estimate of drug-likeness (QED) is 0.712. The van der Waals surface area contributed by atoms with E-state index < -0.39 is 5.91 Å². The zero-order valence-corrected chi connectivity index (χ0v) is 16.5. The fourth-order valence-electron chi connectivity index (χ4n) is 3.54. The molecule has 7 nitrogen and oxygen atoms in total. The zero-order chi connectivity index (χ0) is 20.5. The number of benzene rings is 1. The number of aromatic nitrogens is 1. The van der Waals surface area contributed by atoms with Crippen molar-refractivity contribution in [1.82, 2.24) is 15.2 Å². The molecule has 2 heterocycles. The van der Waals surface area contributed by atoms with Crippen molar-refractivity contribution in [3.8, 4) is 5.75 Å². The van der Waals surface area contributed by atoms with Crippen LogP contribution in [0.3, 0.4) is 0 Å². The minimum absolute atomic E-state index is 0.0496. The van der Waals surface area contributed by atoms with Crippen molar-refractivity contribution in [2.24, 2.45) is 5.73 Å². The summed E-state index contributed by atoms with van der Waals surface area (Å²) >= 11 is 0. The van der Waals surface area contributed by atoms with Crippen molar-refractivity contribution in [3.63, 3.8) is 0 Å². The fourth-order valence-corrected chi connectivity index (χ4v) is 3.54. The van der Waals surface area contributed by atoms with Crippen LogP contribution in [0.25, 0.3) is 0 Å². The molecule has 3 rings (SSSR count). The molecule has 1 fully saturated rings. The first-order chi connectivity index (χ1) is 14.1. The monoisotopic (exact) mass is 396 g/mol. The number of ether oxygens (including phenoxy) is 1. The Balaban J connectivity index is 1.62. The highest BCUT2D eigenvalue weighted by Crippen LogP contribution is 2.18. The molecular weight excluding hydrogens is 368 g/mol. The molecule has 3 N–H and O–H groups in total. The maximum absolute atomic E-state index is 13.0. The van der Waals surface area contributed by atoms with Gasteiger partial charge in [0.05, 0.1) is 25.3 Å². The minimum Gasteiger partial charge on any atom is -0.493 e. The van der Waals surface area contributed by atoms with Crippen LogP contribution in [0.5, 0.6) is 5.75 Å². The van der Waals surface area contributed by atoms with Crippen LogP contribution in [0.1, 0.15) is 41.7 Å². The molecule has 7 heteroatoms. The molecule has 1 aromatic heterocycles. The molecule has 2 amide bonds. The van der Waals surface area contributed by atoms with Gasteiger partial charge in [0, 0.05) is 17.8 Å². The molecule has 0 saturated carbocycles. The summed E-state index contributed by atoms with van der Waals surface area (Å²) in [5.41, 5.74) is 6.57. The van der Waals surface area contributed by atoms with Crippen molar-refractivity contribution < 1.29 is 14.3 Å². The predicted octanol–water partition coefficient (Wildman–Crippen LogP) is 2.12. The lowest BCUT2D eigenvalue weighted by Crippen LogP contribution is -2.41.